The Balaban J connectivity index is 2.12. The summed E-state index contributed by atoms with van der Waals surface area (Å²) in [5.41, 5.74) is 2.63. The van der Waals surface area contributed by atoms with Crippen LogP contribution in [-0.4, -0.2) is 40.9 Å². The Labute approximate surface area is 139 Å². The van der Waals surface area contributed by atoms with Crippen molar-refractivity contribution in [1.29, 1.82) is 0 Å². The molecule has 1 N–H and O–H groups in total. The van der Waals surface area contributed by atoms with Gasteiger partial charge >= 0.3 is 0 Å². The van der Waals surface area contributed by atoms with Crippen molar-refractivity contribution in [3.05, 3.63) is 29.7 Å². The molecule has 3 aromatic rings. The van der Waals surface area contributed by atoms with E-state index in [1.165, 1.54) is 6.33 Å². The van der Waals surface area contributed by atoms with Crippen molar-refractivity contribution in [3.8, 4) is 17.2 Å². The van der Waals surface area contributed by atoms with Gasteiger partial charge in [0.1, 0.15) is 12.1 Å². The maximum atomic E-state index is 5.39. The van der Waals surface area contributed by atoms with E-state index in [4.69, 9.17) is 14.2 Å². The molecule has 1 aromatic carbocycles. The Morgan fingerprint density at radius 2 is 1.67 bits per heavy atom. The second kappa shape index (κ2) is 6.23. The van der Waals surface area contributed by atoms with E-state index in [2.05, 4.69) is 20.4 Å². The summed E-state index contributed by atoms with van der Waals surface area (Å²) < 4.78 is 17.8. The minimum absolute atomic E-state index is 0.535. The summed E-state index contributed by atoms with van der Waals surface area (Å²) in [5, 5.41) is 7.58. The van der Waals surface area contributed by atoms with Crippen LogP contribution in [-0.2, 0) is 0 Å². The van der Waals surface area contributed by atoms with Crippen LogP contribution in [0.15, 0.2) is 18.5 Å². The molecular formula is C16H19N5O3. The Kier molecular flexibility index (Phi) is 4.11. The standard InChI is InChI=1S/C16H19N5O3/c1-9-10(2)19-16-17-8-18-21(16)15(9)20-11-6-12(22-3)14(24-5)13(7-11)23-4/h6-8,20H,1-5H3. The molecule has 0 aliphatic carbocycles. The number of nitrogens with one attached hydrogen (secondary N) is 1. The molecule has 2 heterocycles. The molecule has 24 heavy (non-hydrogen) atoms. The lowest BCUT2D eigenvalue weighted by Crippen LogP contribution is -2.07. The zero-order chi connectivity index (χ0) is 17.3. The molecule has 8 heteroatoms. The largest absolute Gasteiger partial charge is 0.493 e. The van der Waals surface area contributed by atoms with Gasteiger partial charge in [-0.3, -0.25) is 0 Å². The van der Waals surface area contributed by atoms with Crippen molar-refractivity contribution in [2.24, 2.45) is 0 Å². The number of benzene rings is 1. The molecule has 0 bridgehead atoms. The molecule has 8 nitrogen and oxygen atoms in total. The van der Waals surface area contributed by atoms with Crippen LogP contribution < -0.4 is 19.5 Å². The van der Waals surface area contributed by atoms with Crippen LogP contribution in [0, 0.1) is 13.8 Å². The lowest BCUT2D eigenvalue weighted by atomic mass is 10.2. The van der Waals surface area contributed by atoms with Gasteiger partial charge in [-0.15, -0.1) is 0 Å². The van der Waals surface area contributed by atoms with Crippen molar-refractivity contribution >= 4 is 17.3 Å². The Hall–Kier alpha value is -3.03. The summed E-state index contributed by atoms with van der Waals surface area (Å²) in [6.07, 6.45) is 1.47. The minimum atomic E-state index is 0.535. The fraction of sp³-hybridized carbons (Fsp3) is 0.312. The first-order chi connectivity index (χ1) is 11.6. The topological polar surface area (TPSA) is 82.8 Å². The van der Waals surface area contributed by atoms with Gasteiger partial charge in [-0.25, -0.2) is 4.98 Å². The Bertz CT molecular complexity index is 866. The van der Waals surface area contributed by atoms with E-state index < -0.39 is 0 Å². The molecule has 0 atom stereocenters. The Morgan fingerprint density at radius 1 is 1.00 bits per heavy atom. The smallest absolute Gasteiger partial charge is 0.254 e. The number of rotatable bonds is 5. The summed E-state index contributed by atoms with van der Waals surface area (Å²) in [4.78, 5) is 8.56. The monoisotopic (exact) mass is 329 g/mol. The van der Waals surface area contributed by atoms with Crippen LogP contribution >= 0.6 is 0 Å². The zero-order valence-electron chi connectivity index (χ0n) is 14.2. The zero-order valence-corrected chi connectivity index (χ0v) is 14.2. The highest BCUT2D eigenvalue weighted by atomic mass is 16.5. The third-order valence-electron chi connectivity index (χ3n) is 3.83. The number of aryl methyl sites for hydroxylation is 1. The third kappa shape index (κ3) is 2.55. The van der Waals surface area contributed by atoms with Gasteiger partial charge < -0.3 is 19.5 Å². The van der Waals surface area contributed by atoms with Crippen LogP contribution in [0.25, 0.3) is 5.78 Å². The number of ether oxygens (including phenoxy) is 3. The molecule has 0 saturated carbocycles. The highest BCUT2D eigenvalue weighted by Gasteiger charge is 2.16. The first-order valence-corrected chi connectivity index (χ1v) is 7.33. The van der Waals surface area contributed by atoms with E-state index in [9.17, 15) is 0 Å². The van der Waals surface area contributed by atoms with Crippen LogP contribution in [0.2, 0.25) is 0 Å². The molecule has 0 saturated heterocycles. The molecule has 0 aliphatic rings. The highest BCUT2D eigenvalue weighted by molar-refractivity contribution is 5.69. The number of fused-ring (bicyclic) bond motifs is 1. The average molecular weight is 329 g/mol. The van der Waals surface area contributed by atoms with Gasteiger partial charge in [0.15, 0.2) is 11.5 Å². The summed E-state index contributed by atoms with van der Waals surface area (Å²) in [6.45, 7) is 3.91. The molecule has 0 fully saturated rings. The normalized spacial score (nSPS) is 10.7. The first kappa shape index (κ1) is 15.9. The molecule has 0 aliphatic heterocycles. The molecule has 0 amide bonds. The highest BCUT2D eigenvalue weighted by Crippen LogP contribution is 2.40. The SMILES string of the molecule is COc1cc(Nc2c(C)c(C)nc3ncnn23)cc(OC)c1OC. The Morgan fingerprint density at radius 3 is 2.25 bits per heavy atom. The summed E-state index contributed by atoms with van der Waals surface area (Å²) in [7, 11) is 4.74. The average Bonchev–Trinajstić information content (AvgIpc) is 3.05. The number of hydrogen-bond acceptors (Lipinski definition) is 7. The van der Waals surface area contributed by atoms with Crippen LogP contribution in [0.1, 0.15) is 11.3 Å². The van der Waals surface area contributed by atoms with Gasteiger partial charge in [0.25, 0.3) is 5.78 Å². The van der Waals surface area contributed by atoms with Gasteiger partial charge in [0.05, 0.1) is 21.3 Å². The molecule has 3 rings (SSSR count). The number of anilines is 2. The van der Waals surface area contributed by atoms with Gasteiger partial charge in [0, 0.05) is 29.1 Å². The van der Waals surface area contributed by atoms with Gasteiger partial charge in [-0.05, 0) is 13.8 Å². The maximum Gasteiger partial charge on any atom is 0.254 e. The molecule has 0 spiro atoms. The van der Waals surface area contributed by atoms with Crippen LogP contribution in [0.3, 0.4) is 0 Å². The van der Waals surface area contributed by atoms with E-state index >= 15 is 0 Å². The van der Waals surface area contributed by atoms with E-state index in [0.717, 1.165) is 22.8 Å². The van der Waals surface area contributed by atoms with Gasteiger partial charge in [-0.2, -0.15) is 14.6 Å². The molecule has 0 radical (unpaired) electrons. The van der Waals surface area contributed by atoms with Crippen molar-refractivity contribution in [3.63, 3.8) is 0 Å². The van der Waals surface area contributed by atoms with Gasteiger partial charge in [0.2, 0.25) is 5.75 Å². The lowest BCUT2D eigenvalue weighted by molar-refractivity contribution is 0.324. The second-order valence-corrected chi connectivity index (χ2v) is 5.18. The van der Waals surface area contributed by atoms with Crippen LogP contribution in [0.5, 0.6) is 17.2 Å². The van der Waals surface area contributed by atoms with Gasteiger partial charge in [-0.1, -0.05) is 0 Å². The fourth-order valence-corrected chi connectivity index (χ4v) is 2.47. The quantitative estimate of drug-likeness (QED) is 0.770. The summed E-state index contributed by atoms with van der Waals surface area (Å²) >= 11 is 0. The predicted octanol–water partition coefficient (Wildman–Crippen LogP) is 2.51. The fourth-order valence-electron chi connectivity index (χ4n) is 2.47. The van der Waals surface area contributed by atoms with Crippen molar-refractivity contribution in [2.45, 2.75) is 13.8 Å². The summed E-state index contributed by atoms with van der Waals surface area (Å²) in [6, 6.07) is 3.67. The number of methoxy groups -OCH3 is 3. The van der Waals surface area contributed by atoms with Crippen molar-refractivity contribution in [1.82, 2.24) is 19.6 Å². The maximum absolute atomic E-state index is 5.39. The molecule has 126 valence electrons. The van der Waals surface area contributed by atoms with E-state index in [0.29, 0.717) is 23.0 Å². The second-order valence-electron chi connectivity index (χ2n) is 5.18. The lowest BCUT2D eigenvalue weighted by Gasteiger charge is -2.16. The number of hydrogen-bond donors (Lipinski definition) is 1. The minimum Gasteiger partial charge on any atom is -0.493 e. The van der Waals surface area contributed by atoms with Crippen molar-refractivity contribution < 1.29 is 14.2 Å². The molecule has 0 unspecified atom stereocenters. The number of aromatic nitrogens is 4. The predicted molar refractivity (Wildman–Crippen MR) is 89.6 cm³/mol. The van der Waals surface area contributed by atoms with E-state index in [1.54, 1.807) is 25.8 Å². The first-order valence-electron chi connectivity index (χ1n) is 7.33. The molecule has 2 aromatic heterocycles. The van der Waals surface area contributed by atoms with Crippen molar-refractivity contribution in [2.75, 3.05) is 26.6 Å². The van der Waals surface area contributed by atoms with Crippen LogP contribution in [0.4, 0.5) is 11.5 Å². The van der Waals surface area contributed by atoms with E-state index in [1.807, 2.05) is 26.0 Å². The van der Waals surface area contributed by atoms with E-state index in [-0.39, 0.29) is 0 Å². The molecular weight excluding hydrogens is 310 g/mol. The third-order valence-corrected chi connectivity index (χ3v) is 3.83. The number of nitrogens with zero attached hydrogens (tertiary/aromatic N) is 4. The summed E-state index contributed by atoms with van der Waals surface area (Å²) in [5.74, 6) is 2.99.